The van der Waals surface area contributed by atoms with Gasteiger partial charge in [-0.15, -0.1) is 0 Å². The normalized spacial score (nSPS) is 20.2. The van der Waals surface area contributed by atoms with E-state index < -0.39 is 6.29 Å². The monoisotopic (exact) mass is 269 g/mol. The number of methoxy groups -OCH3 is 2. The summed E-state index contributed by atoms with van der Waals surface area (Å²) in [6.07, 6.45) is 2.02. The van der Waals surface area contributed by atoms with E-state index in [0.717, 1.165) is 32.5 Å². The number of nitriles is 1. The highest BCUT2D eigenvalue weighted by molar-refractivity contribution is 5.78. The molecule has 19 heavy (non-hydrogen) atoms. The van der Waals surface area contributed by atoms with Crippen LogP contribution in [-0.4, -0.2) is 57.5 Å². The maximum Gasteiger partial charge on any atom is 0.224 e. The first-order valence-electron chi connectivity index (χ1n) is 6.63. The molecule has 6 heteroatoms. The number of carbonyl (C=O) groups excluding carboxylic acids is 1. The SMILES string of the molecule is COC(CNC(=O)C1CCCN(CCC#N)C1)OC. The number of piperidine rings is 1. The summed E-state index contributed by atoms with van der Waals surface area (Å²) in [6, 6.07) is 2.14. The molecular weight excluding hydrogens is 246 g/mol. The number of ether oxygens (including phenoxy) is 2. The van der Waals surface area contributed by atoms with Crippen LogP contribution in [-0.2, 0) is 14.3 Å². The number of carbonyl (C=O) groups is 1. The Morgan fingerprint density at radius 3 is 2.89 bits per heavy atom. The molecule has 0 aromatic heterocycles. The molecule has 0 aromatic carbocycles. The number of rotatable bonds is 7. The van der Waals surface area contributed by atoms with E-state index in [2.05, 4.69) is 16.3 Å². The second-order valence-corrected chi connectivity index (χ2v) is 4.69. The number of nitrogens with zero attached hydrogens (tertiary/aromatic N) is 2. The van der Waals surface area contributed by atoms with E-state index >= 15 is 0 Å². The topological polar surface area (TPSA) is 74.6 Å². The van der Waals surface area contributed by atoms with Crippen LogP contribution in [0.25, 0.3) is 0 Å². The van der Waals surface area contributed by atoms with Crippen LogP contribution in [0.3, 0.4) is 0 Å². The molecular formula is C13H23N3O3. The first-order chi connectivity index (χ1) is 9.21. The van der Waals surface area contributed by atoms with Gasteiger partial charge in [-0.2, -0.15) is 5.26 Å². The Morgan fingerprint density at radius 1 is 1.53 bits per heavy atom. The fraction of sp³-hybridized carbons (Fsp3) is 0.846. The third kappa shape index (κ3) is 5.55. The maximum atomic E-state index is 12.0. The molecule has 1 N–H and O–H groups in total. The summed E-state index contributed by atoms with van der Waals surface area (Å²) in [6.45, 7) is 2.82. The molecule has 0 saturated carbocycles. The molecule has 1 heterocycles. The Hall–Kier alpha value is -1.16. The lowest BCUT2D eigenvalue weighted by atomic mass is 9.97. The molecule has 1 amide bonds. The van der Waals surface area contributed by atoms with Gasteiger partial charge in [-0.3, -0.25) is 4.79 Å². The Kier molecular flexibility index (Phi) is 7.41. The van der Waals surface area contributed by atoms with Crippen molar-refractivity contribution in [2.75, 3.05) is 40.4 Å². The predicted molar refractivity (Wildman–Crippen MR) is 70.2 cm³/mol. The van der Waals surface area contributed by atoms with Crippen LogP contribution >= 0.6 is 0 Å². The van der Waals surface area contributed by atoms with Gasteiger partial charge in [-0.25, -0.2) is 0 Å². The van der Waals surface area contributed by atoms with Gasteiger partial charge in [0.05, 0.1) is 18.5 Å². The summed E-state index contributed by atoms with van der Waals surface area (Å²) in [5.74, 6) is 0.0440. The first kappa shape index (κ1) is 15.9. The molecule has 0 spiro atoms. The largest absolute Gasteiger partial charge is 0.354 e. The van der Waals surface area contributed by atoms with Crippen molar-refractivity contribution in [2.24, 2.45) is 5.92 Å². The zero-order valence-corrected chi connectivity index (χ0v) is 11.7. The average molecular weight is 269 g/mol. The quantitative estimate of drug-likeness (QED) is 0.675. The number of likely N-dealkylation sites (tertiary alicyclic amines) is 1. The Balaban J connectivity index is 2.33. The van der Waals surface area contributed by atoms with Crippen molar-refractivity contribution in [1.82, 2.24) is 10.2 Å². The van der Waals surface area contributed by atoms with Gasteiger partial charge >= 0.3 is 0 Å². The van der Waals surface area contributed by atoms with E-state index in [4.69, 9.17) is 14.7 Å². The molecule has 0 radical (unpaired) electrons. The second-order valence-electron chi connectivity index (χ2n) is 4.69. The number of hydrogen-bond donors (Lipinski definition) is 1. The van der Waals surface area contributed by atoms with Crippen LogP contribution in [0.2, 0.25) is 0 Å². The van der Waals surface area contributed by atoms with Crippen molar-refractivity contribution in [2.45, 2.75) is 25.6 Å². The van der Waals surface area contributed by atoms with Crippen molar-refractivity contribution in [3.63, 3.8) is 0 Å². The van der Waals surface area contributed by atoms with Crippen LogP contribution in [0.15, 0.2) is 0 Å². The molecule has 1 rings (SSSR count). The third-order valence-electron chi connectivity index (χ3n) is 3.38. The summed E-state index contributed by atoms with van der Waals surface area (Å²) < 4.78 is 10.1. The zero-order chi connectivity index (χ0) is 14.1. The Morgan fingerprint density at radius 2 is 2.26 bits per heavy atom. The van der Waals surface area contributed by atoms with E-state index in [1.165, 1.54) is 0 Å². The van der Waals surface area contributed by atoms with Crippen molar-refractivity contribution in [3.05, 3.63) is 0 Å². The van der Waals surface area contributed by atoms with Crippen LogP contribution < -0.4 is 5.32 Å². The lowest BCUT2D eigenvalue weighted by molar-refractivity contribution is -0.132. The highest BCUT2D eigenvalue weighted by Crippen LogP contribution is 2.16. The predicted octanol–water partition coefficient (Wildman–Crippen LogP) is 0.347. The minimum absolute atomic E-state index is 0.00167. The molecule has 1 fully saturated rings. The zero-order valence-electron chi connectivity index (χ0n) is 11.7. The van der Waals surface area contributed by atoms with Gasteiger partial charge in [0.1, 0.15) is 0 Å². The van der Waals surface area contributed by atoms with E-state index in [9.17, 15) is 4.79 Å². The van der Waals surface area contributed by atoms with E-state index in [1.807, 2.05) is 0 Å². The summed E-state index contributed by atoms with van der Waals surface area (Å²) in [7, 11) is 3.09. The highest BCUT2D eigenvalue weighted by atomic mass is 16.7. The van der Waals surface area contributed by atoms with Crippen LogP contribution in [0.1, 0.15) is 19.3 Å². The molecule has 1 aliphatic heterocycles. The molecule has 1 saturated heterocycles. The fourth-order valence-electron chi connectivity index (χ4n) is 2.27. The molecule has 108 valence electrons. The van der Waals surface area contributed by atoms with Gasteiger partial charge < -0.3 is 19.7 Å². The van der Waals surface area contributed by atoms with Crippen LogP contribution in [0.5, 0.6) is 0 Å². The molecule has 6 nitrogen and oxygen atoms in total. The number of amides is 1. The van der Waals surface area contributed by atoms with Gasteiger partial charge in [0.25, 0.3) is 0 Å². The summed E-state index contributed by atoms with van der Waals surface area (Å²) >= 11 is 0. The first-order valence-corrected chi connectivity index (χ1v) is 6.63. The Labute approximate surface area is 114 Å². The average Bonchev–Trinajstić information content (AvgIpc) is 2.46. The van der Waals surface area contributed by atoms with Gasteiger partial charge in [0, 0.05) is 33.7 Å². The van der Waals surface area contributed by atoms with E-state index in [-0.39, 0.29) is 11.8 Å². The molecule has 0 aliphatic carbocycles. The lowest BCUT2D eigenvalue weighted by Gasteiger charge is -2.31. The lowest BCUT2D eigenvalue weighted by Crippen LogP contribution is -2.45. The van der Waals surface area contributed by atoms with Crippen molar-refractivity contribution in [1.29, 1.82) is 5.26 Å². The van der Waals surface area contributed by atoms with Crippen molar-refractivity contribution in [3.8, 4) is 6.07 Å². The van der Waals surface area contributed by atoms with Gasteiger partial charge in [0.2, 0.25) is 5.91 Å². The standard InChI is InChI=1S/C13H23N3O3/c1-18-12(19-2)9-15-13(17)11-5-3-7-16(10-11)8-4-6-14/h11-12H,3-5,7-10H2,1-2H3,(H,15,17). The van der Waals surface area contributed by atoms with Gasteiger partial charge in [0.15, 0.2) is 6.29 Å². The third-order valence-corrected chi connectivity index (χ3v) is 3.38. The van der Waals surface area contributed by atoms with Crippen molar-refractivity contribution < 1.29 is 14.3 Å². The number of hydrogen-bond acceptors (Lipinski definition) is 5. The smallest absolute Gasteiger partial charge is 0.224 e. The second kappa shape index (κ2) is 8.86. The summed E-state index contributed by atoms with van der Waals surface area (Å²) in [5, 5.41) is 11.4. The maximum absolute atomic E-state index is 12.0. The molecule has 1 unspecified atom stereocenters. The van der Waals surface area contributed by atoms with Gasteiger partial charge in [-0.05, 0) is 19.4 Å². The van der Waals surface area contributed by atoms with Crippen molar-refractivity contribution >= 4 is 5.91 Å². The molecule has 0 aromatic rings. The molecule has 0 bridgehead atoms. The van der Waals surface area contributed by atoms with E-state index in [0.29, 0.717) is 13.0 Å². The van der Waals surface area contributed by atoms with E-state index in [1.54, 1.807) is 14.2 Å². The Bertz CT molecular complexity index is 313. The molecule has 1 atom stereocenters. The minimum Gasteiger partial charge on any atom is -0.354 e. The fourth-order valence-corrected chi connectivity index (χ4v) is 2.27. The van der Waals surface area contributed by atoms with Crippen LogP contribution in [0.4, 0.5) is 0 Å². The minimum atomic E-state index is -0.401. The highest BCUT2D eigenvalue weighted by Gasteiger charge is 2.25. The number of nitrogens with one attached hydrogen (secondary N) is 1. The summed E-state index contributed by atoms with van der Waals surface area (Å²) in [4.78, 5) is 14.2. The van der Waals surface area contributed by atoms with Crippen LogP contribution in [0, 0.1) is 17.2 Å². The van der Waals surface area contributed by atoms with Gasteiger partial charge in [-0.1, -0.05) is 0 Å². The molecule has 1 aliphatic rings. The summed E-state index contributed by atoms with van der Waals surface area (Å²) in [5.41, 5.74) is 0.